The van der Waals surface area contributed by atoms with Gasteiger partial charge in [0.25, 0.3) is 0 Å². The molecular formula is C17H30N6O7S. The molecule has 0 aliphatic heterocycles. The van der Waals surface area contributed by atoms with Crippen molar-refractivity contribution in [1.82, 2.24) is 16.0 Å². The molecule has 0 radical (unpaired) electrons. The fourth-order valence-electron chi connectivity index (χ4n) is 2.42. The number of primary amides is 2. The molecule has 10 N–H and O–H groups in total. The predicted octanol–water partition coefficient (Wildman–Crippen LogP) is -3.42. The first-order valence-electron chi connectivity index (χ1n) is 9.35. The number of nitrogens with two attached hydrogens (primary N) is 3. The zero-order chi connectivity index (χ0) is 24.3. The molecular weight excluding hydrogens is 432 g/mol. The summed E-state index contributed by atoms with van der Waals surface area (Å²) in [4.78, 5) is 70.8. The van der Waals surface area contributed by atoms with E-state index in [9.17, 15) is 28.8 Å². The average Bonchev–Trinajstić information content (AvgIpc) is 2.64. The number of nitrogens with one attached hydrogen (secondary N) is 3. The van der Waals surface area contributed by atoms with Gasteiger partial charge in [0.2, 0.25) is 29.5 Å². The molecule has 0 bridgehead atoms. The van der Waals surface area contributed by atoms with E-state index in [0.29, 0.717) is 0 Å². The van der Waals surface area contributed by atoms with Crippen LogP contribution in [0.3, 0.4) is 0 Å². The van der Waals surface area contributed by atoms with Crippen LogP contribution in [0.15, 0.2) is 0 Å². The lowest BCUT2D eigenvalue weighted by Gasteiger charge is -2.25. The summed E-state index contributed by atoms with van der Waals surface area (Å²) in [7, 11) is 0. The van der Waals surface area contributed by atoms with Crippen molar-refractivity contribution in [2.75, 3.05) is 5.75 Å². The summed E-state index contributed by atoms with van der Waals surface area (Å²) >= 11 is 3.88. The molecule has 0 saturated carbocycles. The van der Waals surface area contributed by atoms with Gasteiger partial charge < -0.3 is 38.3 Å². The number of hydrogen-bond donors (Lipinski definition) is 8. The third-order valence-electron chi connectivity index (χ3n) is 3.93. The van der Waals surface area contributed by atoms with Crippen molar-refractivity contribution in [3.8, 4) is 0 Å². The van der Waals surface area contributed by atoms with Crippen LogP contribution in [0.5, 0.6) is 0 Å². The Balaban J connectivity index is 5.51. The van der Waals surface area contributed by atoms with Crippen molar-refractivity contribution >= 4 is 48.1 Å². The first-order valence-corrected chi connectivity index (χ1v) is 9.98. The molecule has 0 aromatic carbocycles. The minimum atomic E-state index is -1.59. The van der Waals surface area contributed by atoms with Crippen LogP contribution in [0.4, 0.5) is 0 Å². The molecule has 176 valence electrons. The number of carboxylic acids is 1. The third kappa shape index (κ3) is 11.2. The van der Waals surface area contributed by atoms with Gasteiger partial charge in [-0.15, -0.1) is 0 Å². The summed E-state index contributed by atoms with van der Waals surface area (Å²) in [6.45, 7) is 3.50. The van der Waals surface area contributed by atoms with Crippen molar-refractivity contribution in [3.63, 3.8) is 0 Å². The zero-order valence-corrected chi connectivity index (χ0v) is 18.2. The maximum atomic E-state index is 12.7. The van der Waals surface area contributed by atoms with Crippen LogP contribution < -0.4 is 33.2 Å². The Hall–Kier alpha value is -2.87. The molecule has 0 aliphatic rings. The summed E-state index contributed by atoms with van der Waals surface area (Å²) in [5.74, 6) is -6.00. The highest BCUT2D eigenvalue weighted by atomic mass is 32.1. The number of rotatable bonds is 14. The Bertz CT molecular complexity index is 702. The summed E-state index contributed by atoms with van der Waals surface area (Å²) in [6.07, 6.45) is -1.12. The van der Waals surface area contributed by atoms with Gasteiger partial charge in [-0.05, 0) is 12.3 Å². The fraction of sp³-hybridized carbons (Fsp3) is 0.647. The van der Waals surface area contributed by atoms with E-state index in [1.807, 2.05) is 0 Å². The lowest BCUT2D eigenvalue weighted by Crippen LogP contribution is -2.58. The van der Waals surface area contributed by atoms with E-state index in [-0.39, 0.29) is 18.1 Å². The zero-order valence-electron chi connectivity index (χ0n) is 17.3. The van der Waals surface area contributed by atoms with Crippen LogP contribution >= 0.6 is 12.6 Å². The Labute approximate surface area is 184 Å². The summed E-state index contributed by atoms with van der Waals surface area (Å²) in [6, 6.07) is -5.29. The molecule has 4 unspecified atom stereocenters. The third-order valence-corrected chi connectivity index (χ3v) is 4.33. The van der Waals surface area contributed by atoms with E-state index in [1.54, 1.807) is 13.8 Å². The summed E-state index contributed by atoms with van der Waals surface area (Å²) < 4.78 is 0. The SMILES string of the molecule is CC(C)CC(NC(=O)C(CC(N)=O)NC(=O)C(N)CS)C(=O)NC(CC(N)=O)C(=O)O. The van der Waals surface area contributed by atoms with E-state index < -0.39 is 72.5 Å². The van der Waals surface area contributed by atoms with Crippen LogP contribution in [-0.2, 0) is 28.8 Å². The van der Waals surface area contributed by atoms with Crippen molar-refractivity contribution < 1.29 is 33.9 Å². The van der Waals surface area contributed by atoms with Crippen LogP contribution in [0.1, 0.15) is 33.1 Å². The van der Waals surface area contributed by atoms with Crippen molar-refractivity contribution in [2.45, 2.75) is 57.3 Å². The topological polar surface area (TPSA) is 237 Å². The molecule has 13 nitrogen and oxygen atoms in total. The fourth-order valence-corrected chi connectivity index (χ4v) is 2.59. The van der Waals surface area contributed by atoms with Gasteiger partial charge in [0.05, 0.1) is 18.9 Å². The number of amides is 5. The summed E-state index contributed by atoms with van der Waals surface area (Å²) in [5.41, 5.74) is 15.7. The molecule has 0 aliphatic carbocycles. The molecule has 5 amide bonds. The molecule has 31 heavy (non-hydrogen) atoms. The number of aliphatic carboxylic acids is 1. The molecule has 0 aromatic heterocycles. The first kappa shape index (κ1) is 28.1. The van der Waals surface area contributed by atoms with Crippen LogP contribution in [0.25, 0.3) is 0 Å². The summed E-state index contributed by atoms with van der Waals surface area (Å²) in [5, 5.41) is 15.9. The lowest BCUT2D eigenvalue weighted by molar-refractivity contribution is -0.144. The molecule has 0 aromatic rings. The molecule has 0 heterocycles. The molecule has 14 heteroatoms. The minimum absolute atomic E-state index is 0.0223. The molecule has 0 fully saturated rings. The van der Waals surface area contributed by atoms with E-state index >= 15 is 0 Å². The number of thiol groups is 1. The smallest absolute Gasteiger partial charge is 0.326 e. The van der Waals surface area contributed by atoms with Crippen LogP contribution in [0, 0.1) is 5.92 Å². The highest BCUT2D eigenvalue weighted by Crippen LogP contribution is 2.07. The predicted molar refractivity (Wildman–Crippen MR) is 112 cm³/mol. The molecule has 0 spiro atoms. The quantitative estimate of drug-likeness (QED) is 0.121. The van der Waals surface area contributed by atoms with E-state index in [2.05, 4.69) is 28.6 Å². The highest BCUT2D eigenvalue weighted by molar-refractivity contribution is 7.80. The van der Waals surface area contributed by atoms with E-state index in [1.165, 1.54) is 0 Å². The maximum Gasteiger partial charge on any atom is 0.326 e. The number of carbonyl (C=O) groups excluding carboxylic acids is 5. The molecule has 4 atom stereocenters. The van der Waals surface area contributed by atoms with Crippen molar-refractivity contribution in [1.29, 1.82) is 0 Å². The molecule has 0 saturated heterocycles. The van der Waals surface area contributed by atoms with Gasteiger partial charge in [-0.2, -0.15) is 12.6 Å². The highest BCUT2D eigenvalue weighted by Gasteiger charge is 2.31. The average molecular weight is 463 g/mol. The second-order valence-electron chi connectivity index (χ2n) is 7.28. The normalized spacial score (nSPS) is 14.6. The van der Waals surface area contributed by atoms with Crippen molar-refractivity contribution in [3.05, 3.63) is 0 Å². The van der Waals surface area contributed by atoms with Gasteiger partial charge in [-0.3, -0.25) is 24.0 Å². The van der Waals surface area contributed by atoms with Crippen molar-refractivity contribution in [2.24, 2.45) is 23.1 Å². The van der Waals surface area contributed by atoms with E-state index in [4.69, 9.17) is 22.3 Å². The number of hydrogen-bond acceptors (Lipinski definition) is 8. The minimum Gasteiger partial charge on any atom is -0.480 e. The Kier molecular flexibility index (Phi) is 12.2. The van der Waals surface area contributed by atoms with Gasteiger partial charge in [0.15, 0.2) is 0 Å². The number of carbonyl (C=O) groups is 6. The Morgan fingerprint density at radius 2 is 1.23 bits per heavy atom. The first-order chi connectivity index (χ1) is 14.3. The van der Waals surface area contributed by atoms with Gasteiger partial charge >= 0.3 is 5.97 Å². The largest absolute Gasteiger partial charge is 0.480 e. The van der Waals surface area contributed by atoms with Gasteiger partial charge in [0.1, 0.15) is 18.1 Å². The van der Waals surface area contributed by atoms with Gasteiger partial charge in [-0.1, -0.05) is 13.8 Å². The Morgan fingerprint density at radius 3 is 1.65 bits per heavy atom. The standard InChI is InChI=1S/C17H30N6O7S/c1-7(2)3-9(15(27)23-11(17(29)30)5-13(20)25)22-16(28)10(4-12(19)24)21-14(26)8(18)6-31/h7-11,31H,3-6,18H2,1-2H3,(H2,19,24)(H2,20,25)(H,21,26)(H,22,28)(H,23,27)(H,29,30). The monoisotopic (exact) mass is 462 g/mol. The van der Waals surface area contributed by atoms with E-state index in [0.717, 1.165) is 0 Å². The maximum absolute atomic E-state index is 12.7. The second kappa shape index (κ2) is 13.4. The van der Waals surface area contributed by atoms with Gasteiger partial charge in [-0.25, -0.2) is 4.79 Å². The van der Waals surface area contributed by atoms with Gasteiger partial charge in [0, 0.05) is 5.75 Å². The number of carboxylic acid groups (broad SMARTS) is 1. The second-order valence-corrected chi connectivity index (χ2v) is 7.65. The Morgan fingerprint density at radius 1 is 0.806 bits per heavy atom. The lowest BCUT2D eigenvalue weighted by atomic mass is 10.0. The van der Waals surface area contributed by atoms with Crippen LogP contribution in [-0.4, -0.2) is 70.5 Å². The molecule has 0 rings (SSSR count). The van der Waals surface area contributed by atoms with Crippen LogP contribution in [0.2, 0.25) is 0 Å².